The number of hydrogen-bond donors (Lipinski definition) is 1. The van der Waals surface area contributed by atoms with Crippen LogP contribution in [0, 0.1) is 18.3 Å². The molecule has 0 aliphatic carbocycles. The van der Waals surface area contributed by atoms with E-state index >= 15 is 0 Å². The SMILES string of the molecule is Cc1cccc(NCC2COc3ccccc32)c1C#N. The molecule has 0 saturated carbocycles. The maximum atomic E-state index is 9.23. The Bertz CT molecular complexity index is 673. The van der Waals surface area contributed by atoms with Crippen molar-refractivity contribution >= 4 is 5.69 Å². The topological polar surface area (TPSA) is 45.0 Å². The van der Waals surface area contributed by atoms with E-state index in [2.05, 4.69) is 17.5 Å². The quantitative estimate of drug-likeness (QED) is 0.923. The van der Waals surface area contributed by atoms with Crippen LogP contribution >= 0.6 is 0 Å². The predicted molar refractivity (Wildman–Crippen MR) is 79.1 cm³/mol. The highest BCUT2D eigenvalue weighted by Gasteiger charge is 2.23. The third-order valence-electron chi connectivity index (χ3n) is 3.72. The predicted octanol–water partition coefficient (Wildman–Crippen LogP) is 3.45. The van der Waals surface area contributed by atoms with E-state index in [-0.39, 0.29) is 0 Å². The Morgan fingerprint density at radius 1 is 1.25 bits per heavy atom. The van der Waals surface area contributed by atoms with Crippen molar-refractivity contribution in [3.63, 3.8) is 0 Å². The maximum absolute atomic E-state index is 9.23. The van der Waals surface area contributed by atoms with Crippen LogP contribution in [0.5, 0.6) is 5.75 Å². The average molecular weight is 264 g/mol. The van der Waals surface area contributed by atoms with E-state index in [0.29, 0.717) is 12.5 Å². The van der Waals surface area contributed by atoms with Gasteiger partial charge in [-0.3, -0.25) is 0 Å². The molecule has 1 N–H and O–H groups in total. The van der Waals surface area contributed by atoms with Crippen LogP contribution < -0.4 is 10.1 Å². The van der Waals surface area contributed by atoms with Crippen molar-refractivity contribution in [1.29, 1.82) is 5.26 Å². The van der Waals surface area contributed by atoms with E-state index in [4.69, 9.17) is 4.74 Å². The fourth-order valence-corrected chi connectivity index (χ4v) is 2.59. The van der Waals surface area contributed by atoms with Crippen molar-refractivity contribution in [3.05, 3.63) is 59.2 Å². The summed E-state index contributed by atoms with van der Waals surface area (Å²) in [7, 11) is 0. The molecule has 1 unspecified atom stereocenters. The van der Waals surface area contributed by atoms with Gasteiger partial charge in [-0.1, -0.05) is 30.3 Å². The van der Waals surface area contributed by atoms with Crippen LogP contribution in [0.25, 0.3) is 0 Å². The number of para-hydroxylation sites is 1. The third kappa shape index (κ3) is 2.21. The number of rotatable bonds is 3. The molecule has 3 nitrogen and oxygen atoms in total. The summed E-state index contributed by atoms with van der Waals surface area (Å²) in [6, 6.07) is 16.3. The minimum absolute atomic E-state index is 0.332. The summed E-state index contributed by atoms with van der Waals surface area (Å²) in [5.41, 5.74) is 3.86. The highest BCUT2D eigenvalue weighted by Crippen LogP contribution is 2.33. The van der Waals surface area contributed by atoms with Crippen LogP contribution in [-0.2, 0) is 0 Å². The van der Waals surface area contributed by atoms with Gasteiger partial charge in [-0.05, 0) is 24.6 Å². The molecule has 3 heteroatoms. The molecule has 0 spiro atoms. The Balaban J connectivity index is 1.76. The van der Waals surface area contributed by atoms with Crippen molar-refractivity contribution < 1.29 is 4.74 Å². The molecule has 1 atom stereocenters. The molecule has 1 aliphatic heterocycles. The molecule has 3 rings (SSSR count). The number of ether oxygens (including phenoxy) is 1. The number of nitriles is 1. The fraction of sp³-hybridized carbons (Fsp3) is 0.235. The van der Waals surface area contributed by atoms with Gasteiger partial charge >= 0.3 is 0 Å². The highest BCUT2D eigenvalue weighted by atomic mass is 16.5. The van der Waals surface area contributed by atoms with Gasteiger partial charge in [0, 0.05) is 18.0 Å². The second-order valence-electron chi connectivity index (χ2n) is 5.04. The summed E-state index contributed by atoms with van der Waals surface area (Å²) in [6.07, 6.45) is 0. The summed E-state index contributed by atoms with van der Waals surface area (Å²) in [6.45, 7) is 3.42. The molecule has 2 aromatic rings. The maximum Gasteiger partial charge on any atom is 0.122 e. The van der Waals surface area contributed by atoms with Crippen LogP contribution in [0.1, 0.15) is 22.6 Å². The van der Waals surface area contributed by atoms with Crippen LogP contribution in [-0.4, -0.2) is 13.2 Å². The molecule has 2 aromatic carbocycles. The summed E-state index contributed by atoms with van der Waals surface area (Å²) < 4.78 is 5.67. The number of benzene rings is 2. The van der Waals surface area contributed by atoms with Crippen molar-refractivity contribution in [3.8, 4) is 11.8 Å². The van der Waals surface area contributed by atoms with E-state index in [9.17, 15) is 5.26 Å². The minimum atomic E-state index is 0.332. The lowest BCUT2D eigenvalue weighted by Gasteiger charge is -2.13. The summed E-state index contributed by atoms with van der Waals surface area (Å²) >= 11 is 0. The van der Waals surface area contributed by atoms with Gasteiger partial charge in [-0.15, -0.1) is 0 Å². The second-order valence-corrected chi connectivity index (χ2v) is 5.04. The molecular weight excluding hydrogens is 248 g/mol. The van der Waals surface area contributed by atoms with Gasteiger partial charge in [0.1, 0.15) is 11.8 Å². The van der Waals surface area contributed by atoms with Crippen LogP contribution in [0.15, 0.2) is 42.5 Å². The zero-order chi connectivity index (χ0) is 13.9. The van der Waals surface area contributed by atoms with Crippen molar-refractivity contribution in [1.82, 2.24) is 0 Å². The first kappa shape index (κ1) is 12.6. The lowest BCUT2D eigenvalue weighted by Crippen LogP contribution is -2.14. The van der Waals surface area contributed by atoms with Crippen LogP contribution in [0.2, 0.25) is 0 Å². The fourth-order valence-electron chi connectivity index (χ4n) is 2.59. The zero-order valence-electron chi connectivity index (χ0n) is 11.4. The zero-order valence-corrected chi connectivity index (χ0v) is 11.4. The Hall–Kier alpha value is -2.47. The van der Waals surface area contributed by atoms with E-state index in [1.807, 2.05) is 43.3 Å². The van der Waals surface area contributed by atoms with Crippen molar-refractivity contribution in [2.45, 2.75) is 12.8 Å². The largest absolute Gasteiger partial charge is 0.493 e. The number of hydrogen-bond acceptors (Lipinski definition) is 3. The average Bonchev–Trinajstić information content (AvgIpc) is 2.88. The van der Waals surface area contributed by atoms with Gasteiger partial charge in [-0.2, -0.15) is 5.26 Å². The normalized spacial score (nSPS) is 16.1. The van der Waals surface area contributed by atoms with Crippen molar-refractivity contribution in [2.75, 3.05) is 18.5 Å². The third-order valence-corrected chi connectivity index (χ3v) is 3.72. The Morgan fingerprint density at radius 2 is 2.10 bits per heavy atom. The van der Waals surface area contributed by atoms with Gasteiger partial charge in [-0.25, -0.2) is 0 Å². The summed E-state index contributed by atoms with van der Waals surface area (Å²) in [5.74, 6) is 1.31. The van der Waals surface area contributed by atoms with E-state index < -0.39 is 0 Å². The highest BCUT2D eigenvalue weighted by molar-refractivity contribution is 5.61. The Morgan fingerprint density at radius 3 is 2.95 bits per heavy atom. The van der Waals surface area contributed by atoms with Gasteiger partial charge < -0.3 is 10.1 Å². The van der Waals surface area contributed by atoms with Gasteiger partial charge in [0.05, 0.1) is 17.9 Å². The Labute approximate surface area is 118 Å². The molecule has 0 fully saturated rings. The molecule has 0 bridgehead atoms. The van der Waals surface area contributed by atoms with E-state index in [1.54, 1.807) is 0 Å². The first-order valence-corrected chi connectivity index (χ1v) is 6.75. The summed E-state index contributed by atoms with van der Waals surface area (Å²) in [5, 5.41) is 12.6. The monoisotopic (exact) mass is 264 g/mol. The van der Waals surface area contributed by atoms with Crippen LogP contribution in [0.4, 0.5) is 5.69 Å². The lowest BCUT2D eigenvalue weighted by atomic mass is 10.0. The van der Waals surface area contributed by atoms with E-state index in [0.717, 1.165) is 29.1 Å². The molecule has 100 valence electrons. The molecule has 0 amide bonds. The molecule has 1 heterocycles. The van der Waals surface area contributed by atoms with E-state index in [1.165, 1.54) is 5.56 Å². The molecule has 20 heavy (non-hydrogen) atoms. The number of anilines is 1. The van der Waals surface area contributed by atoms with Crippen LogP contribution in [0.3, 0.4) is 0 Å². The first-order valence-electron chi connectivity index (χ1n) is 6.75. The van der Waals surface area contributed by atoms with Gasteiger partial charge in [0.25, 0.3) is 0 Å². The molecular formula is C17H16N2O. The number of nitrogens with zero attached hydrogens (tertiary/aromatic N) is 1. The molecule has 0 saturated heterocycles. The molecule has 1 aliphatic rings. The summed E-state index contributed by atoms with van der Waals surface area (Å²) in [4.78, 5) is 0. The Kier molecular flexibility index (Phi) is 3.30. The standard InChI is InChI=1S/C17H16N2O/c1-12-5-4-7-16(15(12)9-18)19-10-13-11-20-17-8-3-2-6-14(13)17/h2-8,13,19H,10-11H2,1H3. The minimum Gasteiger partial charge on any atom is -0.493 e. The second kappa shape index (κ2) is 5.26. The van der Waals surface area contributed by atoms with Gasteiger partial charge in [0.2, 0.25) is 0 Å². The number of fused-ring (bicyclic) bond motifs is 1. The molecule has 0 aromatic heterocycles. The number of nitrogens with one attached hydrogen (secondary N) is 1. The number of aryl methyl sites for hydroxylation is 1. The molecule has 0 radical (unpaired) electrons. The first-order chi connectivity index (χ1) is 9.79. The smallest absolute Gasteiger partial charge is 0.122 e. The van der Waals surface area contributed by atoms with Gasteiger partial charge in [0.15, 0.2) is 0 Å². The van der Waals surface area contributed by atoms with Crippen molar-refractivity contribution in [2.24, 2.45) is 0 Å². The lowest BCUT2D eigenvalue weighted by molar-refractivity contribution is 0.334.